The Morgan fingerprint density at radius 2 is 2.00 bits per heavy atom. The topological polar surface area (TPSA) is 113 Å². The van der Waals surface area contributed by atoms with Gasteiger partial charge in [0.25, 0.3) is 9.84 Å². The molecule has 148 valence electrons. The number of nitrogens with zero attached hydrogens (tertiary/aromatic N) is 2. The molecule has 0 saturated heterocycles. The van der Waals surface area contributed by atoms with Crippen LogP contribution in [-0.4, -0.2) is 34.9 Å². The van der Waals surface area contributed by atoms with Crippen LogP contribution in [0.5, 0.6) is 0 Å². The number of rotatable bonds is 7. The molecular formula is C15H17F3N4O4S. The number of amides is 1. The molecule has 0 aliphatic carbocycles. The highest BCUT2D eigenvalue weighted by Gasteiger charge is 2.46. The Bertz CT molecular complexity index is 925. The van der Waals surface area contributed by atoms with E-state index in [0.717, 1.165) is 35.7 Å². The number of alkyl halides is 3. The van der Waals surface area contributed by atoms with Gasteiger partial charge in [-0.2, -0.15) is 18.3 Å². The third-order valence-electron chi connectivity index (χ3n) is 3.52. The summed E-state index contributed by atoms with van der Waals surface area (Å²) in [5.74, 6) is 0.130. The van der Waals surface area contributed by atoms with Gasteiger partial charge in [-0.15, -0.1) is 0 Å². The van der Waals surface area contributed by atoms with Gasteiger partial charge in [0.05, 0.1) is 16.3 Å². The molecule has 1 aromatic carbocycles. The third-order valence-corrected chi connectivity index (χ3v) is 5.01. The minimum atomic E-state index is -5.52. The molecule has 3 N–H and O–H groups in total. The van der Waals surface area contributed by atoms with E-state index in [0.29, 0.717) is 12.1 Å². The first kappa shape index (κ1) is 20.6. The first-order valence-corrected chi connectivity index (χ1v) is 9.30. The number of sulfone groups is 1. The molecule has 0 fully saturated rings. The van der Waals surface area contributed by atoms with Gasteiger partial charge in [0.2, 0.25) is 0 Å². The number of unbranched alkanes of at least 4 members (excludes halogenated alkanes) is 1. The van der Waals surface area contributed by atoms with Crippen molar-refractivity contribution in [3.8, 4) is 5.69 Å². The summed E-state index contributed by atoms with van der Waals surface area (Å²) in [6.07, 6.45) is 0.852. The summed E-state index contributed by atoms with van der Waals surface area (Å²) in [6.45, 7) is 1.97. The van der Waals surface area contributed by atoms with E-state index >= 15 is 0 Å². The Morgan fingerprint density at radius 1 is 1.30 bits per heavy atom. The molecule has 0 bridgehead atoms. The number of halogens is 3. The van der Waals surface area contributed by atoms with Gasteiger partial charge in [0, 0.05) is 6.07 Å². The zero-order chi connectivity index (χ0) is 20.2. The van der Waals surface area contributed by atoms with Gasteiger partial charge in [0.1, 0.15) is 5.82 Å². The van der Waals surface area contributed by atoms with Crippen molar-refractivity contribution in [3.05, 3.63) is 36.0 Å². The molecular weight excluding hydrogens is 389 g/mol. The smallest absolute Gasteiger partial charge is 0.464 e. The number of hydrogen-bond donors (Lipinski definition) is 3. The molecule has 0 radical (unpaired) electrons. The Balaban J connectivity index is 2.48. The SMILES string of the molecule is CCCCc1cc(NNC(=O)O)n(-c2cccc(S(=O)(=O)C(F)(F)F)c2)n1. The molecule has 1 aromatic heterocycles. The number of hydrazine groups is 1. The summed E-state index contributed by atoms with van der Waals surface area (Å²) >= 11 is 0. The molecule has 0 atom stereocenters. The highest BCUT2D eigenvalue weighted by molar-refractivity contribution is 7.92. The lowest BCUT2D eigenvalue weighted by Gasteiger charge is -2.12. The van der Waals surface area contributed by atoms with Gasteiger partial charge in [-0.1, -0.05) is 19.4 Å². The largest absolute Gasteiger partial charge is 0.501 e. The third kappa shape index (κ3) is 4.70. The second-order valence-corrected chi connectivity index (χ2v) is 7.48. The summed E-state index contributed by atoms with van der Waals surface area (Å²) in [6, 6.07) is 5.69. The maximum absolute atomic E-state index is 12.8. The van der Waals surface area contributed by atoms with Crippen LogP contribution in [0.25, 0.3) is 5.69 Å². The summed E-state index contributed by atoms with van der Waals surface area (Å²) in [7, 11) is -5.52. The first-order valence-electron chi connectivity index (χ1n) is 7.82. The Labute approximate surface area is 152 Å². The fraction of sp³-hybridized carbons (Fsp3) is 0.333. The first-order chi connectivity index (χ1) is 12.6. The normalized spacial score (nSPS) is 12.0. The highest BCUT2D eigenvalue weighted by Crippen LogP contribution is 2.31. The molecule has 0 spiro atoms. The standard InChI is InChI=1S/C15H17F3N4O4S/c1-2-3-5-10-8-13(19-20-14(23)24)22(21-10)11-6-4-7-12(9-11)27(25,26)15(16,17)18/h4,6-9,19-20H,2-3,5H2,1H3,(H,23,24). The number of carboxylic acid groups (broad SMARTS) is 1. The Morgan fingerprint density at radius 3 is 2.59 bits per heavy atom. The summed E-state index contributed by atoms with van der Waals surface area (Å²) in [5.41, 5.74) is -0.552. The van der Waals surface area contributed by atoms with Crippen molar-refractivity contribution in [3.63, 3.8) is 0 Å². The van der Waals surface area contributed by atoms with Crippen LogP contribution in [0.2, 0.25) is 0 Å². The average Bonchev–Trinajstić information content (AvgIpc) is 3.00. The predicted molar refractivity (Wildman–Crippen MR) is 90.2 cm³/mol. The summed E-state index contributed by atoms with van der Waals surface area (Å²) in [5, 5.41) is 12.9. The number of aryl methyl sites for hydroxylation is 1. The molecule has 0 saturated carbocycles. The van der Waals surface area contributed by atoms with E-state index in [1.54, 1.807) is 0 Å². The molecule has 2 aromatic rings. The van der Waals surface area contributed by atoms with E-state index in [9.17, 15) is 26.4 Å². The number of benzene rings is 1. The number of carbonyl (C=O) groups is 1. The lowest BCUT2D eigenvalue weighted by molar-refractivity contribution is -0.0436. The molecule has 0 unspecified atom stereocenters. The van der Waals surface area contributed by atoms with E-state index < -0.39 is 26.3 Å². The number of aromatic nitrogens is 2. The molecule has 1 amide bonds. The predicted octanol–water partition coefficient (Wildman–Crippen LogP) is 3.10. The number of hydrogen-bond acceptors (Lipinski definition) is 5. The van der Waals surface area contributed by atoms with Crippen LogP contribution in [0.1, 0.15) is 25.5 Å². The van der Waals surface area contributed by atoms with E-state index in [1.165, 1.54) is 12.1 Å². The van der Waals surface area contributed by atoms with Gasteiger partial charge >= 0.3 is 11.6 Å². The van der Waals surface area contributed by atoms with Crippen molar-refractivity contribution in [1.29, 1.82) is 0 Å². The quantitative estimate of drug-likeness (QED) is 0.609. The zero-order valence-electron chi connectivity index (χ0n) is 14.1. The van der Waals surface area contributed by atoms with Crippen LogP contribution >= 0.6 is 0 Å². The van der Waals surface area contributed by atoms with Gasteiger partial charge in [0.15, 0.2) is 0 Å². The fourth-order valence-corrected chi connectivity index (χ4v) is 3.03. The molecule has 8 nitrogen and oxygen atoms in total. The molecule has 0 aliphatic heterocycles. The van der Waals surface area contributed by atoms with E-state index in [-0.39, 0.29) is 11.5 Å². The minimum absolute atomic E-state index is 0.0257. The van der Waals surface area contributed by atoms with Crippen LogP contribution in [0, 0.1) is 0 Å². The van der Waals surface area contributed by atoms with Crippen LogP contribution in [0.15, 0.2) is 35.2 Å². The van der Waals surface area contributed by atoms with E-state index in [2.05, 4.69) is 10.5 Å². The van der Waals surface area contributed by atoms with E-state index in [4.69, 9.17) is 5.11 Å². The fourth-order valence-electron chi connectivity index (χ4n) is 2.23. The molecule has 0 aliphatic rings. The monoisotopic (exact) mass is 406 g/mol. The molecule has 1 heterocycles. The lowest BCUT2D eigenvalue weighted by Crippen LogP contribution is -2.28. The number of anilines is 1. The van der Waals surface area contributed by atoms with Crippen molar-refractivity contribution < 1.29 is 31.5 Å². The summed E-state index contributed by atoms with van der Waals surface area (Å²) in [4.78, 5) is 9.75. The maximum atomic E-state index is 12.8. The van der Waals surface area contributed by atoms with Crippen molar-refractivity contribution >= 4 is 21.7 Å². The van der Waals surface area contributed by atoms with E-state index in [1.807, 2.05) is 12.3 Å². The van der Waals surface area contributed by atoms with Crippen LogP contribution in [0.4, 0.5) is 23.8 Å². The highest BCUT2D eigenvalue weighted by atomic mass is 32.2. The summed E-state index contributed by atoms with van der Waals surface area (Å²) < 4.78 is 62.7. The second-order valence-electron chi connectivity index (χ2n) is 5.54. The molecule has 27 heavy (non-hydrogen) atoms. The van der Waals surface area contributed by atoms with Crippen molar-refractivity contribution in [2.24, 2.45) is 0 Å². The van der Waals surface area contributed by atoms with Crippen molar-refractivity contribution in [1.82, 2.24) is 15.2 Å². The number of nitrogens with one attached hydrogen (secondary N) is 2. The molecule has 2 rings (SSSR count). The van der Waals surface area contributed by atoms with Crippen LogP contribution < -0.4 is 10.9 Å². The Kier molecular flexibility index (Phi) is 5.98. The van der Waals surface area contributed by atoms with Crippen molar-refractivity contribution in [2.75, 3.05) is 5.43 Å². The van der Waals surface area contributed by atoms with Crippen LogP contribution in [0.3, 0.4) is 0 Å². The maximum Gasteiger partial charge on any atom is 0.501 e. The van der Waals surface area contributed by atoms with Gasteiger partial charge in [-0.05, 0) is 31.0 Å². The van der Waals surface area contributed by atoms with Gasteiger partial charge in [-0.3, -0.25) is 5.43 Å². The second kappa shape index (κ2) is 7.86. The average molecular weight is 406 g/mol. The zero-order valence-corrected chi connectivity index (χ0v) is 14.9. The van der Waals surface area contributed by atoms with Gasteiger partial charge < -0.3 is 5.11 Å². The Hall–Kier alpha value is -2.76. The lowest BCUT2D eigenvalue weighted by atomic mass is 10.2. The molecule has 12 heteroatoms. The van der Waals surface area contributed by atoms with Crippen LogP contribution in [-0.2, 0) is 16.3 Å². The minimum Gasteiger partial charge on any atom is -0.464 e. The van der Waals surface area contributed by atoms with Gasteiger partial charge in [-0.25, -0.2) is 23.3 Å². The van der Waals surface area contributed by atoms with Crippen molar-refractivity contribution in [2.45, 2.75) is 36.6 Å².